The summed E-state index contributed by atoms with van der Waals surface area (Å²) in [7, 11) is 0. The fraction of sp³-hybridized carbons (Fsp3) is 0.588. The molecule has 7 heteroatoms. The van der Waals surface area contributed by atoms with Gasteiger partial charge in [-0.25, -0.2) is 4.98 Å². The van der Waals surface area contributed by atoms with E-state index < -0.39 is 0 Å². The largest absolute Gasteiger partial charge is 0.384 e. The lowest BCUT2D eigenvalue weighted by Crippen LogP contribution is -2.48. The summed E-state index contributed by atoms with van der Waals surface area (Å²) in [5, 5.41) is 0. The molecule has 7 nitrogen and oxygen atoms in total. The van der Waals surface area contributed by atoms with Crippen molar-refractivity contribution in [2.75, 3.05) is 38.5 Å². The first kappa shape index (κ1) is 16.7. The maximum atomic E-state index is 12.8. The summed E-state index contributed by atoms with van der Waals surface area (Å²) in [6, 6.07) is 5.46. The number of carbonyl (C=O) groups is 2. The Kier molecular flexibility index (Phi) is 4.99. The first-order chi connectivity index (χ1) is 11.5. The van der Waals surface area contributed by atoms with Crippen LogP contribution in [-0.4, -0.2) is 59.4 Å². The van der Waals surface area contributed by atoms with E-state index in [2.05, 4.69) is 4.98 Å². The van der Waals surface area contributed by atoms with Crippen molar-refractivity contribution >= 4 is 17.6 Å². The molecule has 3 heterocycles. The van der Waals surface area contributed by atoms with E-state index in [1.807, 2.05) is 21.9 Å². The molecular weight excluding hydrogens is 308 g/mol. The van der Waals surface area contributed by atoms with Gasteiger partial charge in [-0.05, 0) is 25.0 Å². The molecule has 0 saturated carbocycles. The van der Waals surface area contributed by atoms with Gasteiger partial charge < -0.3 is 20.3 Å². The second-order valence-electron chi connectivity index (χ2n) is 6.41. The van der Waals surface area contributed by atoms with Crippen LogP contribution in [0.5, 0.6) is 0 Å². The highest BCUT2D eigenvalue weighted by Gasteiger charge is 2.33. The van der Waals surface area contributed by atoms with E-state index in [9.17, 15) is 9.59 Å². The van der Waals surface area contributed by atoms with E-state index in [4.69, 9.17) is 10.5 Å². The van der Waals surface area contributed by atoms with Crippen LogP contribution in [0, 0.1) is 5.92 Å². The van der Waals surface area contributed by atoms with Gasteiger partial charge >= 0.3 is 0 Å². The number of amides is 2. The highest BCUT2D eigenvalue weighted by atomic mass is 16.5. The normalized spacial score (nSPS) is 22.5. The van der Waals surface area contributed by atoms with Crippen molar-refractivity contribution in [1.29, 1.82) is 0 Å². The zero-order valence-electron chi connectivity index (χ0n) is 14.0. The quantitative estimate of drug-likeness (QED) is 0.866. The van der Waals surface area contributed by atoms with Crippen LogP contribution in [0.2, 0.25) is 0 Å². The highest BCUT2D eigenvalue weighted by Crippen LogP contribution is 2.25. The molecule has 130 valence electrons. The Morgan fingerprint density at radius 3 is 2.62 bits per heavy atom. The van der Waals surface area contributed by atoms with Crippen molar-refractivity contribution in [3.05, 3.63) is 23.9 Å². The summed E-state index contributed by atoms with van der Waals surface area (Å²) in [5.74, 6) is 0.694. The summed E-state index contributed by atoms with van der Waals surface area (Å²) >= 11 is 0. The predicted octanol–water partition coefficient (Wildman–Crippen LogP) is 0.822. The molecule has 0 radical (unpaired) electrons. The van der Waals surface area contributed by atoms with Gasteiger partial charge in [-0.15, -0.1) is 0 Å². The Morgan fingerprint density at radius 2 is 1.96 bits per heavy atom. The monoisotopic (exact) mass is 332 g/mol. The van der Waals surface area contributed by atoms with Crippen molar-refractivity contribution in [1.82, 2.24) is 14.8 Å². The van der Waals surface area contributed by atoms with E-state index in [1.54, 1.807) is 13.0 Å². The third kappa shape index (κ3) is 3.67. The van der Waals surface area contributed by atoms with Crippen LogP contribution in [0.3, 0.4) is 0 Å². The molecule has 0 aromatic carbocycles. The van der Waals surface area contributed by atoms with Gasteiger partial charge in [-0.2, -0.15) is 0 Å². The number of ether oxygens (including phenoxy) is 1. The van der Waals surface area contributed by atoms with Gasteiger partial charge in [0.2, 0.25) is 11.8 Å². The van der Waals surface area contributed by atoms with Gasteiger partial charge in [-0.1, -0.05) is 6.07 Å². The molecule has 1 aromatic rings. The number of nitrogens with zero attached hydrogens (tertiary/aromatic N) is 3. The van der Waals surface area contributed by atoms with E-state index in [0.29, 0.717) is 38.6 Å². The zero-order chi connectivity index (χ0) is 17.1. The smallest absolute Gasteiger partial charge is 0.225 e. The summed E-state index contributed by atoms with van der Waals surface area (Å²) in [6.45, 7) is 4.51. The lowest BCUT2D eigenvalue weighted by Gasteiger charge is -2.37. The van der Waals surface area contributed by atoms with Crippen molar-refractivity contribution in [3.63, 3.8) is 0 Å². The van der Waals surface area contributed by atoms with Crippen molar-refractivity contribution in [3.8, 4) is 0 Å². The van der Waals surface area contributed by atoms with Gasteiger partial charge in [-0.3, -0.25) is 9.59 Å². The van der Waals surface area contributed by atoms with Crippen molar-refractivity contribution in [2.45, 2.75) is 25.9 Å². The van der Waals surface area contributed by atoms with Crippen LogP contribution >= 0.6 is 0 Å². The number of nitrogen functional groups attached to an aromatic ring is 1. The number of piperidine rings is 1. The molecule has 2 aliphatic heterocycles. The highest BCUT2D eigenvalue weighted by molar-refractivity contribution is 5.80. The maximum Gasteiger partial charge on any atom is 0.225 e. The van der Waals surface area contributed by atoms with Crippen LogP contribution in [0.15, 0.2) is 18.2 Å². The van der Waals surface area contributed by atoms with Gasteiger partial charge in [0.15, 0.2) is 0 Å². The molecule has 3 rings (SSSR count). The fourth-order valence-corrected chi connectivity index (χ4v) is 3.38. The SMILES string of the molecule is CC(=O)N1CCC(C(=O)N2CCO[C@@H](c3cccc(N)n3)C2)CC1. The molecule has 1 aromatic heterocycles. The molecule has 2 saturated heterocycles. The summed E-state index contributed by atoms with van der Waals surface area (Å²) in [6.07, 6.45) is 1.23. The number of nitrogens with two attached hydrogens (primary N) is 1. The Morgan fingerprint density at radius 1 is 1.21 bits per heavy atom. The molecule has 2 amide bonds. The molecule has 0 unspecified atom stereocenters. The van der Waals surface area contributed by atoms with Crippen molar-refractivity contribution < 1.29 is 14.3 Å². The number of hydrogen-bond acceptors (Lipinski definition) is 5. The molecular formula is C17H24N4O3. The molecule has 0 spiro atoms. The summed E-state index contributed by atoms with van der Waals surface area (Å²) in [5.41, 5.74) is 6.50. The lowest BCUT2D eigenvalue weighted by atomic mass is 9.94. The number of rotatable bonds is 2. The Hall–Kier alpha value is -2.15. The van der Waals surface area contributed by atoms with E-state index in [1.165, 1.54) is 0 Å². The Labute approximate surface area is 141 Å². The van der Waals surface area contributed by atoms with E-state index in [0.717, 1.165) is 18.5 Å². The third-order valence-corrected chi connectivity index (χ3v) is 4.79. The molecule has 0 aliphatic carbocycles. The molecule has 0 bridgehead atoms. The van der Waals surface area contributed by atoms with E-state index >= 15 is 0 Å². The molecule has 2 aliphatic rings. The topological polar surface area (TPSA) is 88.8 Å². The zero-order valence-corrected chi connectivity index (χ0v) is 14.0. The number of anilines is 1. The fourth-order valence-electron chi connectivity index (χ4n) is 3.38. The van der Waals surface area contributed by atoms with Crippen molar-refractivity contribution in [2.24, 2.45) is 5.92 Å². The lowest BCUT2D eigenvalue weighted by molar-refractivity contribution is -0.146. The Balaban J connectivity index is 1.60. The second-order valence-corrected chi connectivity index (χ2v) is 6.41. The van der Waals surface area contributed by atoms with Gasteiger partial charge in [0, 0.05) is 32.5 Å². The van der Waals surface area contributed by atoms with Gasteiger partial charge in [0.25, 0.3) is 0 Å². The van der Waals surface area contributed by atoms with Crippen LogP contribution in [0.4, 0.5) is 5.82 Å². The third-order valence-electron chi connectivity index (χ3n) is 4.79. The number of morpholine rings is 1. The van der Waals surface area contributed by atoms with Crippen LogP contribution in [-0.2, 0) is 14.3 Å². The Bertz CT molecular complexity index is 614. The second kappa shape index (κ2) is 7.17. The molecule has 2 N–H and O–H groups in total. The standard InChI is InChI=1S/C17H24N4O3/c1-12(22)20-7-5-13(6-8-20)17(23)21-9-10-24-15(11-21)14-3-2-4-16(18)19-14/h2-4,13,15H,5-11H2,1H3,(H2,18,19)/t15-/m1/s1. The van der Waals surface area contributed by atoms with Crippen LogP contribution in [0.1, 0.15) is 31.6 Å². The average Bonchev–Trinajstić information content (AvgIpc) is 2.61. The van der Waals surface area contributed by atoms with Crippen LogP contribution in [0.25, 0.3) is 0 Å². The minimum Gasteiger partial charge on any atom is -0.384 e. The first-order valence-electron chi connectivity index (χ1n) is 8.43. The van der Waals surface area contributed by atoms with Gasteiger partial charge in [0.1, 0.15) is 11.9 Å². The van der Waals surface area contributed by atoms with E-state index in [-0.39, 0.29) is 23.8 Å². The minimum absolute atomic E-state index is 0.00634. The summed E-state index contributed by atoms with van der Waals surface area (Å²) in [4.78, 5) is 32.2. The molecule has 2 fully saturated rings. The average molecular weight is 332 g/mol. The number of carbonyl (C=O) groups excluding carboxylic acids is 2. The molecule has 1 atom stereocenters. The van der Waals surface area contributed by atoms with Crippen LogP contribution < -0.4 is 5.73 Å². The molecule has 24 heavy (non-hydrogen) atoms. The number of likely N-dealkylation sites (tertiary alicyclic amines) is 1. The predicted molar refractivity (Wildman–Crippen MR) is 88.9 cm³/mol. The van der Waals surface area contributed by atoms with Gasteiger partial charge in [0.05, 0.1) is 18.8 Å². The maximum absolute atomic E-state index is 12.8. The number of hydrogen-bond donors (Lipinski definition) is 1. The first-order valence-corrected chi connectivity index (χ1v) is 8.43. The summed E-state index contributed by atoms with van der Waals surface area (Å²) < 4.78 is 5.77. The minimum atomic E-state index is -0.233. The number of aromatic nitrogens is 1. The number of pyridine rings is 1.